The zero-order chi connectivity index (χ0) is 13.8. The van der Waals surface area contributed by atoms with Gasteiger partial charge in [-0.2, -0.15) is 0 Å². The van der Waals surface area contributed by atoms with Crippen LogP contribution in [-0.2, 0) is 6.54 Å². The molecule has 3 rings (SSSR count). The summed E-state index contributed by atoms with van der Waals surface area (Å²) in [5, 5.41) is 8.75. The smallest absolute Gasteiger partial charge is 0.104 e. The average molecular weight is 270 g/mol. The van der Waals surface area contributed by atoms with E-state index in [1.54, 1.807) is 0 Å². The highest BCUT2D eigenvalue weighted by atomic mass is 16.2. The number of aliphatic hydroxyl groups excluding tert-OH is 1. The van der Waals surface area contributed by atoms with E-state index in [0.29, 0.717) is 0 Å². The molecule has 2 fully saturated rings. The van der Waals surface area contributed by atoms with Crippen LogP contribution in [0, 0.1) is 11.8 Å². The number of hydrogen-bond donors (Lipinski definition) is 1. The van der Waals surface area contributed by atoms with Crippen LogP contribution in [-0.4, -0.2) is 53.7 Å². The van der Waals surface area contributed by atoms with Gasteiger partial charge in [0.2, 0.25) is 0 Å². The Balaban J connectivity index is 1.55. The third kappa shape index (κ3) is 3.61. The molecule has 1 aromatic rings. The van der Waals surface area contributed by atoms with Gasteiger partial charge >= 0.3 is 0 Å². The molecule has 2 aliphatic rings. The molecule has 0 spiro atoms. The van der Waals surface area contributed by atoms with Crippen molar-refractivity contribution in [3.05, 3.63) is 35.4 Å². The molecule has 0 atom stereocenters. The second-order valence-corrected chi connectivity index (χ2v) is 5.70. The minimum Gasteiger partial charge on any atom is -0.384 e. The Hall–Kier alpha value is -1.34. The Morgan fingerprint density at radius 2 is 1.95 bits per heavy atom. The number of hydrogen-bond acceptors (Lipinski definition) is 3. The lowest BCUT2D eigenvalue weighted by Crippen LogP contribution is -2.46. The van der Waals surface area contributed by atoms with E-state index in [1.165, 1.54) is 44.6 Å². The van der Waals surface area contributed by atoms with Crippen LogP contribution in [0.15, 0.2) is 24.3 Å². The quantitative estimate of drug-likeness (QED) is 0.839. The van der Waals surface area contributed by atoms with Gasteiger partial charge in [0.05, 0.1) is 0 Å². The number of aliphatic hydroxyl groups is 1. The zero-order valence-corrected chi connectivity index (χ0v) is 11.9. The summed E-state index contributed by atoms with van der Waals surface area (Å²) in [5.41, 5.74) is 2.31. The maximum Gasteiger partial charge on any atom is 0.104 e. The van der Waals surface area contributed by atoms with E-state index in [4.69, 9.17) is 5.11 Å². The van der Waals surface area contributed by atoms with Crippen molar-refractivity contribution in [1.82, 2.24) is 9.80 Å². The summed E-state index contributed by atoms with van der Waals surface area (Å²) in [6.45, 7) is 5.70. The van der Waals surface area contributed by atoms with Gasteiger partial charge in [0, 0.05) is 44.3 Å². The molecule has 0 bridgehead atoms. The maximum absolute atomic E-state index is 8.75. The largest absolute Gasteiger partial charge is 0.384 e. The monoisotopic (exact) mass is 270 g/mol. The topological polar surface area (TPSA) is 26.7 Å². The molecule has 0 unspecified atom stereocenters. The fraction of sp³-hybridized carbons (Fsp3) is 0.529. The van der Waals surface area contributed by atoms with Crippen LogP contribution in [0.4, 0.5) is 0 Å². The first-order valence-corrected chi connectivity index (χ1v) is 7.50. The molecule has 1 heterocycles. The normalized spacial score (nSPS) is 20.4. The van der Waals surface area contributed by atoms with Crippen LogP contribution in [0.3, 0.4) is 0 Å². The molecule has 0 radical (unpaired) electrons. The van der Waals surface area contributed by atoms with Crippen molar-refractivity contribution in [3.8, 4) is 11.8 Å². The third-order valence-corrected chi connectivity index (χ3v) is 4.12. The molecule has 20 heavy (non-hydrogen) atoms. The summed E-state index contributed by atoms with van der Waals surface area (Å²) in [5.74, 6) is 5.68. The van der Waals surface area contributed by atoms with Crippen LogP contribution >= 0.6 is 0 Å². The summed E-state index contributed by atoms with van der Waals surface area (Å²) in [6, 6.07) is 9.25. The van der Waals surface area contributed by atoms with Crippen LogP contribution in [0.2, 0.25) is 0 Å². The number of nitrogens with zero attached hydrogens (tertiary/aromatic N) is 2. The summed E-state index contributed by atoms with van der Waals surface area (Å²) in [4.78, 5) is 5.16. The minimum absolute atomic E-state index is 0.0760. The first-order valence-electron chi connectivity index (χ1n) is 7.50. The lowest BCUT2D eigenvalue weighted by Gasteiger charge is -2.34. The highest BCUT2D eigenvalue weighted by molar-refractivity contribution is 5.37. The van der Waals surface area contributed by atoms with Gasteiger partial charge in [-0.3, -0.25) is 9.80 Å². The van der Waals surface area contributed by atoms with Gasteiger partial charge in [-0.15, -0.1) is 0 Å². The summed E-state index contributed by atoms with van der Waals surface area (Å²) >= 11 is 0. The van der Waals surface area contributed by atoms with E-state index >= 15 is 0 Å². The van der Waals surface area contributed by atoms with Crippen LogP contribution in [0.5, 0.6) is 0 Å². The van der Waals surface area contributed by atoms with Crippen molar-refractivity contribution in [3.63, 3.8) is 0 Å². The highest BCUT2D eigenvalue weighted by Gasteiger charge is 2.30. The zero-order valence-electron chi connectivity index (χ0n) is 11.9. The van der Waals surface area contributed by atoms with Gasteiger partial charge in [-0.05, 0) is 30.5 Å². The Kier molecular flexibility index (Phi) is 4.37. The Morgan fingerprint density at radius 1 is 1.15 bits per heavy atom. The SMILES string of the molecule is OCC#Cc1cccc(CN2CCN(C3CC3)CC2)c1. The molecular formula is C17H22N2O. The van der Waals surface area contributed by atoms with Crippen molar-refractivity contribution in [2.75, 3.05) is 32.8 Å². The highest BCUT2D eigenvalue weighted by Crippen LogP contribution is 2.27. The molecule has 1 saturated heterocycles. The fourth-order valence-electron chi connectivity index (χ4n) is 2.87. The van der Waals surface area contributed by atoms with E-state index in [1.807, 2.05) is 6.07 Å². The minimum atomic E-state index is -0.0760. The van der Waals surface area contributed by atoms with Crippen LogP contribution in [0.25, 0.3) is 0 Å². The van der Waals surface area contributed by atoms with E-state index in [-0.39, 0.29) is 6.61 Å². The molecule has 3 nitrogen and oxygen atoms in total. The molecule has 1 aliphatic carbocycles. The fourth-order valence-corrected chi connectivity index (χ4v) is 2.87. The van der Waals surface area contributed by atoms with Gasteiger partial charge in [-0.25, -0.2) is 0 Å². The molecular weight excluding hydrogens is 248 g/mol. The Labute approximate surface area is 121 Å². The molecule has 1 aliphatic heterocycles. The van der Waals surface area contributed by atoms with Gasteiger partial charge in [0.25, 0.3) is 0 Å². The number of rotatable bonds is 3. The van der Waals surface area contributed by atoms with Crippen molar-refractivity contribution < 1.29 is 5.11 Å². The van der Waals surface area contributed by atoms with Gasteiger partial charge in [0.1, 0.15) is 6.61 Å². The molecule has 0 amide bonds. The summed E-state index contributed by atoms with van der Waals surface area (Å²) in [6.07, 6.45) is 2.82. The Morgan fingerprint density at radius 3 is 2.65 bits per heavy atom. The summed E-state index contributed by atoms with van der Waals surface area (Å²) < 4.78 is 0. The molecule has 3 heteroatoms. The number of benzene rings is 1. The third-order valence-electron chi connectivity index (χ3n) is 4.12. The molecule has 106 valence electrons. The lowest BCUT2D eigenvalue weighted by molar-refractivity contribution is 0.121. The van der Waals surface area contributed by atoms with Crippen LogP contribution < -0.4 is 0 Å². The van der Waals surface area contributed by atoms with Gasteiger partial charge in [0.15, 0.2) is 0 Å². The van der Waals surface area contributed by atoms with Crippen molar-refractivity contribution in [2.24, 2.45) is 0 Å². The Bertz CT molecular complexity index is 505. The van der Waals surface area contributed by atoms with Crippen molar-refractivity contribution in [1.29, 1.82) is 0 Å². The second kappa shape index (κ2) is 6.41. The van der Waals surface area contributed by atoms with E-state index in [9.17, 15) is 0 Å². The maximum atomic E-state index is 8.75. The predicted octanol–water partition coefficient (Wildman–Crippen LogP) is 1.31. The average Bonchev–Trinajstić information content (AvgIpc) is 3.31. The number of piperazine rings is 1. The second-order valence-electron chi connectivity index (χ2n) is 5.70. The standard InChI is InChI=1S/C17H22N2O/c20-12-2-5-15-3-1-4-16(13-15)14-18-8-10-19(11-9-18)17-6-7-17/h1,3-4,13,17,20H,6-12,14H2. The van der Waals surface area contributed by atoms with Crippen LogP contribution in [0.1, 0.15) is 24.0 Å². The van der Waals surface area contributed by atoms with Gasteiger partial charge in [-0.1, -0.05) is 24.0 Å². The lowest BCUT2D eigenvalue weighted by atomic mass is 10.1. The van der Waals surface area contributed by atoms with E-state index < -0.39 is 0 Å². The van der Waals surface area contributed by atoms with E-state index in [0.717, 1.165) is 18.2 Å². The predicted molar refractivity (Wildman–Crippen MR) is 80.3 cm³/mol. The molecule has 0 aromatic heterocycles. The molecule has 1 aromatic carbocycles. The first-order chi connectivity index (χ1) is 9.85. The van der Waals surface area contributed by atoms with Gasteiger partial charge < -0.3 is 5.11 Å². The first kappa shape index (κ1) is 13.6. The van der Waals surface area contributed by atoms with Crippen molar-refractivity contribution in [2.45, 2.75) is 25.4 Å². The van der Waals surface area contributed by atoms with E-state index in [2.05, 4.69) is 39.8 Å². The van der Waals surface area contributed by atoms with Crippen molar-refractivity contribution >= 4 is 0 Å². The summed E-state index contributed by atoms with van der Waals surface area (Å²) in [7, 11) is 0. The molecule has 1 saturated carbocycles. The molecule has 1 N–H and O–H groups in total.